The number of aromatic nitrogens is 3. The van der Waals surface area contributed by atoms with Gasteiger partial charge in [0.15, 0.2) is 5.69 Å². The number of hydrogen-bond acceptors (Lipinski definition) is 3. The quantitative estimate of drug-likeness (QED) is 0.916. The summed E-state index contributed by atoms with van der Waals surface area (Å²) in [5.74, 6) is -0.609. The van der Waals surface area contributed by atoms with Gasteiger partial charge in [-0.1, -0.05) is 38.1 Å². The third-order valence-electron chi connectivity index (χ3n) is 2.99. The van der Waals surface area contributed by atoms with E-state index in [1.807, 2.05) is 31.2 Å². The molecule has 2 aromatic rings. The van der Waals surface area contributed by atoms with E-state index in [1.165, 1.54) is 10.4 Å². The molecular weight excluding hydrogens is 242 g/mol. The normalized spacial score (nSPS) is 10.9. The van der Waals surface area contributed by atoms with Crippen molar-refractivity contribution >= 4 is 5.97 Å². The Morgan fingerprint density at radius 3 is 2.37 bits per heavy atom. The van der Waals surface area contributed by atoms with Crippen LogP contribution in [-0.4, -0.2) is 26.1 Å². The van der Waals surface area contributed by atoms with Gasteiger partial charge in [0.1, 0.15) is 5.69 Å². The second kappa shape index (κ2) is 5.22. The summed E-state index contributed by atoms with van der Waals surface area (Å²) in [5, 5.41) is 17.4. The van der Waals surface area contributed by atoms with Gasteiger partial charge in [-0.15, -0.1) is 5.10 Å². The summed E-state index contributed by atoms with van der Waals surface area (Å²) in [6.45, 7) is 6.65. The van der Waals surface area contributed by atoms with E-state index >= 15 is 0 Å². The largest absolute Gasteiger partial charge is 0.476 e. The molecule has 0 amide bonds. The molecule has 0 atom stereocenters. The Kier molecular flexibility index (Phi) is 3.64. The molecular formula is C14H17N3O2. The highest BCUT2D eigenvalue weighted by molar-refractivity contribution is 5.92. The van der Waals surface area contributed by atoms with Gasteiger partial charge in [-0.05, 0) is 18.4 Å². The van der Waals surface area contributed by atoms with Gasteiger partial charge in [0, 0.05) is 5.56 Å². The molecule has 0 saturated heterocycles. The van der Waals surface area contributed by atoms with Gasteiger partial charge in [-0.25, -0.2) is 4.79 Å². The van der Waals surface area contributed by atoms with Crippen molar-refractivity contribution in [1.29, 1.82) is 0 Å². The van der Waals surface area contributed by atoms with Gasteiger partial charge in [0.25, 0.3) is 0 Å². The average Bonchev–Trinajstić information content (AvgIpc) is 2.83. The number of nitrogens with zero attached hydrogens (tertiary/aromatic N) is 3. The molecule has 0 spiro atoms. The van der Waals surface area contributed by atoms with Crippen LogP contribution in [0.15, 0.2) is 24.3 Å². The van der Waals surface area contributed by atoms with Crippen molar-refractivity contribution < 1.29 is 9.90 Å². The van der Waals surface area contributed by atoms with Gasteiger partial charge in [-0.2, -0.15) is 9.90 Å². The summed E-state index contributed by atoms with van der Waals surface area (Å²) in [6, 6.07) is 7.78. The van der Waals surface area contributed by atoms with Gasteiger partial charge < -0.3 is 5.11 Å². The molecule has 0 radical (unpaired) electrons. The Bertz CT molecular complexity index is 585. The van der Waals surface area contributed by atoms with Crippen molar-refractivity contribution in [3.63, 3.8) is 0 Å². The van der Waals surface area contributed by atoms with E-state index in [2.05, 4.69) is 24.0 Å². The van der Waals surface area contributed by atoms with Crippen LogP contribution >= 0.6 is 0 Å². The number of carboxylic acids is 1. The summed E-state index contributed by atoms with van der Waals surface area (Å²) in [6.07, 6.45) is 0. The first kappa shape index (κ1) is 13.3. The topological polar surface area (TPSA) is 68.0 Å². The molecule has 1 heterocycles. The van der Waals surface area contributed by atoms with Gasteiger partial charge in [-0.3, -0.25) is 0 Å². The third kappa shape index (κ3) is 2.65. The fourth-order valence-corrected chi connectivity index (χ4v) is 1.85. The second-order valence-corrected chi connectivity index (χ2v) is 4.67. The lowest BCUT2D eigenvalue weighted by molar-refractivity contribution is 0.0690. The number of rotatable bonds is 4. The zero-order valence-corrected chi connectivity index (χ0v) is 11.3. The Labute approximate surface area is 111 Å². The molecule has 5 heteroatoms. The maximum absolute atomic E-state index is 11.2. The van der Waals surface area contributed by atoms with Crippen LogP contribution in [0.4, 0.5) is 0 Å². The zero-order chi connectivity index (χ0) is 14.0. The number of carboxylic acid groups (broad SMARTS) is 1. The van der Waals surface area contributed by atoms with Crippen molar-refractivity contribution in [3.05, 3.63) is 35.5 Å². The monoisotopic (exact) mass is 259 g/mol. The number of carbonyl (C=O) groups is 1. The van der Waals surface area contributed by atoms with Gasteiger partial charge in [0.2, 0.25) is 0 Å². The fraction of sp³-hybridized carbons (Fsp3) is 0.357. The minimum Gasteiger partial charge on any atom is -0.476 e. The molecule has 100 valence electrons. The molecule has 1 aromatic heterocycles. The molecule has 0 aliphatic carbocycles. The Morgan fingerprint density at radius 1 is 1.26 bits per heavy atom. The maximum Gasteiger partial charge on any atom is 0.358 e. The summed E-state index contributed by atoms with van der Waals surface area (Å²) in [7, 11) is 0. The molecule has 0 bridgehead atoms. The Hall–Kier alpha value is -2.17. The van der Waals surface area contributed by atoms with E-state index in [-0.39, 0.29) is 5.69 Å². The molecule has 1 N–H and O–H groups in total. The smallest absolute Gasteiger partial charge is 0.358 e. The summed E-state index contributed by atoms with van der Waals surface area (Å²) in [5.41, 5.74) is 2.41. The van der Waals surface area contributed by atoms with Gasteiger partial charge in [0.05, 0.1) is 6.54 Å². The van der Waals surface area contributed by atoms with Crippen molar-refractivity contribution in [2.24, 2.45) is 0 Å². The van der Waals surface area contributed by atoms with Crippen LogP contribution in [-0.2, 0) is 6.54 Å². The van der Waals surface area contributed by atoms with Crippen molar-refractivity contribution in [2.75, 3.05) is 0 Å². The minimum atomic E-state index is -1.05. The van der Waals surface area contributed by atoms with Gasteiger partial charge >= 0.3 is 5.97 Å². The number of hydrogen-bond donors (Lipinski definition) is 1. The molecule has 19 heavy (non-hydrogen) atoms. The number of aromatic carboxylic acids is 1. The SMILES string of the molecule is CCn1nc(C(=O)O)c(-c2ccc(C(C)C)cc2)n1. The molecule has 0 aliphatic rings. The molecule has 1 aromatic carbocycles. The lowest BCUT2D eigenvalue weighted by Gasteiger charge is -2.05. The van der Waals surface area contributed by atoms with Crippen LogP contribution in [0.2, 0.25) is 0 Å². The van der Waals surface area contributed by atoms with Crippen LogP contribution in [0.3, 0.4) is 0 Å². The van der Waals surface area contributed by atoms with Crippen LogP contribution in [0.25, 0.3) is 11.3 Å². The first-order chi connectivity index (χ1) is 9.02. The molecule has 0 aliphatic heterocycles. The van der Waals surface area contributed by atoms with E-state index in [0.29, 0.717) is 18.2 Å². The first-order valence-electron chi connectivity index (χ1n) is 6.31. The molecule has 2 rings (SSSR count). The van der Waals surface area contributed by atoms with Crippen LogP contribution in [0, 0.1) is 0 Å². The fourth-order valence-electron chi connectivity index (χ4n) is 1.85. The highest BCUT2D eigenvalue weighted by atomic mass is 16.4. The van der Waals surface area contributed by atoms with Crippen LogP contribution in [0.5, 0.6) is 0 Å². The maximum atomic E-state index is 11.2. The van der Waals surface area contributed by atoms with Crippen molar-refractivity contribution in [1.82, 2.24) is 15.0 Å². The van der Waals surface area contributed by atoms with Crippen molar-refractivity contribution in [2.45, 2.75) is 33.2 Å². The standard InChI is InChI=1S/C14H17N3O2/c1-4-17-15-12(13(16-17)14(18)19)11-7-5-10(6-8-11)9(2)3/h5-9H,4H2,1-3H3,(H,18,19). The minimum absolute atomic E-state index is 0.000790. The highest BCUT2D eigenvalue weighted by Crippen LogP contribution is 2.23. The number of aryl methyl sites for hydroxylation is 1. The second-order valence-electron chi connectivity index (χ2n) is 4.67. The average molecular weight is 259 g/mol. The Morgan fingerprint density at radius 2 is 1.89 bits per heavy atom. The summed E-state index contributed by atoms with van der Waals surface area (Å²) >= 11 is 0. The first-order valence-corrected chi connectivity index (χ1v) is 6.31. The highest BCUT2D eigenvalue weighted by Gasteiger charge is 2.18. The van der Waals surface area contributed by atoms with E-state index in [1.54, 1.807) is 0 Å². The lowest BCUT2D eigenvalue weighted by Crippen LogP contribution is -2.02. The summed E-state index contributed by atoms with van der Waals surface area (Å²) in [4.78, 5) is 12.6. The zero-order valence-electron chi connectivity index (χ0n) is 11.3. The lowest BCUT2D eigenvalue weighted by atomic mass is 10.0. The molecule has 0 fully saturated rings. The van der Waals surface area contributed by atoms with E-state index in [4.69, 9.17) is 5.11 Å². The Balaban J connectivity index is 2.45. The number of benzene rings is 1. The predicted molar refractivity (Wildman–Crippen MR) is 72.2 cm³/mol. The van der Waals surface area contributed by atoms with Crippen molar-refractivity contribution in [3.8, 4) is 11.3 Å². The molecule has 0 unspecified atom stereocenters. The van der Waals surface area contributed by atoms with E-state index in [9.17, 15) is 4.79 Å². The predicted octanol–water partition coefficient (Wildman–Crippen LogP) is 2.79. The van der Waals surface area contributed by atoms with Crippen LogP contribution < -0.4 is 0 Å². The third-order valence-corrected chi connectivity index (χ3v) is 2.99. The van der Waals surface area contributed by atoms with Crippen LogP contribution in [0.1, 0.15) is 42.7 Å². The summed E-state index contributed by atoms with van der Waals surface area (Å²) < 4.78 is 0. The molecule has 0 saturated carbocycles. The van der Waals surface area contributed by atoms with E-state index < -0.39 is 5.97 Å². The van der Waals surface area contributed by atoms with E-state index in [0.717, 1.165) is 5.56 Å². The molecule has 5 nitrogen and oxygen atoms in total.